The van der Waals surface area contributed by atoms with Crippen LogP contribution in [0.3, 0.4) is 0 Å². The van der Waals surface area contributed by atoms with Gasteiger partial charge < -0.3 is 15.5 Å². The quantitative estimate of drug-likeness (QED) is 0.590. The van der Waals surface area contributed by atoms with E-state index in [-0.39, 0.29) is 0 Å². The number of likely N-dealkylation sites (tertiary alicyclic amines) is 1. The Balaban J connectivity index is 1.82. The molecular formula is C17H31N5S. The standard InChI is InChI=1S/C17H31N5S/c1-5-22-10-6-8-14(22)12-19-17(18-2)20-13-15(21(3)4)16-9-7-11-23-16/h7,9,11,14-15H,5-6,8,10,12-13H2,1-4H3,(H2,18,19,20). The van der Waals surface area contributed by atoms with Crippen molar-refractivity contribution >= 4 is 17.3 Å². The summed E-state index contributed by atoms with van der Waals surface area (Å²) in [5, 5.41) is 9.12. The Morgan fingerprint density at radius 3 is 2.91 bits per heavy atom. The van der Waals surface area contributed by atoms with Crippen LogP contribution in [0.2, 0.25) is 0 Å². The number of nitrogens with zero attached hydrogens (tertiary/aromatic N) is 3. The van der Waals surface area contributed by atoms with Gasteiger partial charge in [0.05, 0.1) is 6.04 Å². The molecule has 6 heteroatoms. The fraction of sp³-hybridized carbons (Fsp3) is 0.706. The summed E-state index contributed by atoms with van der Waals surface area (Å²) in [6.07, 6.45) is 2.60. The molecule has 1 saturated heterocycles. The van der Waals surface area contributed by atoms with Crippen LogP contribution in [0.1, 0.15) is 30.7 Å². The number of guanidine groups is 1. The van der Waals surface area contributed by atoms with Gasteiger partial charge in [0.1, 0.15) is 0 Å². The van der Waals surface area contributed by atoms with E-state index in [1.807, 2.05) is 18.4 Å². The molecule has 1 aromatic rings. The lowest BCUT2D eigenvalue weighted by Gasteiger charge is -2.26. The Labute approximate surface area is 144 Å². The zero-order chi connectivity index (χ0) is 16.7. The summed E-state index contributed by atoms with van der Waals surface area (Å²) in [5.41, 5.74) is 0. The van der Waals surface area contributed by atoms with Gasteiger partial charge in [-0.1, -0.05) is 13.0 Å². The number of aliphatic imine (C=N–C) groups is 1. The van der Waals surface area contributed by atoms with E-state index in [0.29, 0.717) is 12.1 Å². The van der Waals surface area contributed by atoms with Gasteiger partial charge in [-0.15, -0.1) is 11.3 Å². The molecule has 1 aromatic heterocycles. The Morgan fingerprint density at radius 2 is 2.30 bits per heavy atom. The zero-order valence-corrected chi connectivity index (χ0v) is 15.7. The van der Waals surface area contributed by atoms with Gasteiger partial charge in [-0.05, 0) is 51.5 Å². The van der Waals surface area contributed by atoms with Gasteiger partial charge in [0.15, 0.2) is 5.96 Å². The maximum absolute atomic E-state index is 4.37. The molecule has 0 amide bonds. The molecule has 2 unspecified atom stereocenters. The molecule has 0 aromatic carbocycles. The second-order valence-corrected chi connectivity index (χ2v) is 7.23. The van der Waals surface area contributed by atoms with Crippen molar-refractivity contribution in [2.75, 3.05) is 47.3 Å². The Morgan fingerprint density at radius 1 is 1.48 bits per heavy atom. The number of hydrogen-bond donors (Lipinski definition) is 2. The number of rotatable bonds is 7. The highest BCUT2D eigenvalue weighted by Gasteiger charge is 2.23. The summed E-state index contributed by atoms with van der Waals surface area (Å²) in [5.74, 6) is 0.899. The third-order valence-electron chi connectivity index (χ3n) is 4.59. The SMILES string of the molecule is CCN1CCCC1CNC(=NC)NCC(c1cccs1)N(C)C. The van der Waals surface area contributed by atoms with Crippen molar-refractivity contribution in [1.29, 1.82) is 0 Å². The minimum Gasteiger partial charge on any atom is -0.355 e. The van der Waals surface area contributed by atoms with Crippen molar-refractivity contribution < 1.29 is 0 Å². The lowest BCUT2D eigenvalue weighted by atomic mass is 10.2. The summed E-state index contributed by atoms with van der Waals surface area (Å²) >= 11 is 1.81. The maximum atomic E-state index is 4.37. The first kappa shape index (κ1) is 18.2. The normalized spacial score (nSPS) is 20.9. The molecule has 1 fully saturated rings. The number of nitrogens with one attached hydrogen (secondary N) is 2. The van der Waals surface area contributed by atoms with E-state index in [1.165, 1.54) is 24.3 Å². The van der Waals surface area contributed by atoms with E-state index in [2.05, 4.69) is 64.0 Å². The third kappa shape index (κ3) is 5.19. The van der Waals surface area contributed by atoms with E-state index in [0.717, 1.165) is 25.6 Å². The Kier molecular flexibility index (Phi) is 7.33. The predicted molar refractivity (Wildman–Crippen MR) is 100 cm³/mol. The average molecular weight is 338 g/mol. The van der Waals surface area contributed by atoms with Crippen LogP contribution in [0.15, 0.2) is 22.5 Å². The summed E-state index contributed by atoms with van der Waals surface area (Å²) in [6.45, 7) is 6.44. The predicted octanol–water partition coefficient (Wildman–Crippen LogP) is 2.00. The molecular weight excluding hydrogens is 306 g/mol. The fourth-order valence-electron chi connectivity index (χ4n) is 3.19. The van der Waals surface area contributed by atoms with Gasteiger partial charge in [-0.3, -0.25) is 9.89 Å². The molecule has 0 saturated carbocycles. The molecule has 2 atom stereocenters. The molecule has 2 N–H and O–H groups in total. The van der Waals surface area contributed by atoms with E-state index >= 15 is 0 Å². The summed E-state index contributed by atoms with van der Waals surface area (Å²) in [4.78, 5) is 10.6. The molecule has 23 heavy (non-hydrogen) atoms. The van der Waals surface area contributed by atoms with Crippen molar-refractivity contribution in [3.8, 4) is 0 Å². The molecule has 2 heterocycles. The highest BCUT2D eigenvalue weighted by molar-refractivity contribution is 7.10. The smallest absolute Gasteiger partial charge is 0.191 e. The maximum Gasteiger partial charge on any atom is 0.191 e. The first-order valence-corrected chi connectivity index (χ1v) is 9.42. The summed E-state index contributed by atoms with van der Waals surface area (Å²) in [6, 6.07) is 5.32. The van der Waals surface area contributed by atoms with Gasteiger partial charge >= 0.3 is 0 Å². The average Bonchev–Trinajstić information content (AvgIpc) is 3.21. The monoisotopic (exact) mass is 337 g/mol. The first-order valence-electron chi connectivity index (χ1n) is 8.54. The molecule has 1 aliphatic rings. The topological polar surface area (TPSA) is 42.9 Å². The van der Waals surface area contributed by atoms with Crippen LogP contribution in [0, 0.1) is 0 Å². The van der Waals surface area contributed by atoms with Crippen molar-refractivity contribution in [2.24, 2.45) is 4.99 Å². The van der Waals surface area contributed by atoms with Crippen LogP contribution >= 0.6 is 11.3 Å². The number of thiophene rings is 1. The molecule has 0 aliphatic carbocycles. The molecule has 0 radical (unpaired) electrons. The summed E-state index contributed by atoms with van der Waals surface area (Å²) in [7, 11) is 6.09. The van der Waals surface area contributed by atoms with E-state index < -0.39 is 0 Å². The molecule has 0 spiro atoms. The van der Waals surface area contributed by atoms with Crippen LogP contribution in [-0.2, 0) is 0 Å². The van der Waals surface area contributed by atoms with Gasteiger partial charge in [-0.25, -0.2) is 0 Å². The highest BCUT2D eigenvalue weighted by Crippen LogP contribution is 2.22. The van der Waals surface area contributed by atoms with E-state index in [9.17, 15) is 0 Å². The van der Waals surface area contributed by atoms with Crippen LogP contribution in [-0.4, -0.2) is 69.1 Å². The van der Waals surface area contributed by atoms with Gasteiger partial charge in [0.2, 0.25) is 0 Å². The molecule has 5 nitrogen and oxygen atoms in total. The van der Waals surface area contributed by atoms with Crippen molar-refractivity contribution in [3.63, 3.8) is 0 Å². The molecule has 1 aliphatic heterocycles. The summed E-state index contributed by atoms with van der Waals surface area (Å²) < 4.78 is 0. The second-order valence-electron chi connectivity index (χ2n) is 6.25. The zero-order valence-electron chi connectivity index (χ0n) is 14.9. The Hall–Kier alpha value is -1.11. The van der Waals surface area contributed by atoms with Gasteiger partial charge in [-0.2, -0.15) is 0 Å². The lowest BCUT2D eigenvalue weighted by molar-refractivity contribution is 0.266. The first-order chi connectivity index (χ1) is 11.2. The van der Waals surface area contributed by atoms with Crippen molar-refractivity contribution in [3.05, 3.63) is 22.4 Å². The molecule has 130 valence electrons. The third-order valence-corrected chi connectivity index (χ3v) is 5.57. The second kappa shape index (κ2) is 9.25. The van der Waals surface area contributed by atoms with Gasteiger partial charge in [0, 0.05) is 31.1 Å². The van der Waals surface area contributed by atoms with Crippen LogP contribution in [0.5, 0.6) is 0 Å². The molecule has 2 rings (SSSR count). The molecule has 0 bridgehead atoms. The Bertz CT molecular complexity index is 471. The number of hydrogen-bond acceptors (Lipinski definition) is 4. The van der Waals surface area contributed by atoms with Crippen LogP contribution < -0.4 is 10.6 Å². The van der Waals surface area contributed by atoms with E-state index in [4.69, 9.17) is 0 Å². The van der Waals surface area contributed by atoms with Crippen molar-refractivity contribution in [1.82, 2.24) is 20.4 Å². The van der Waals surface area contributed by atoms with E-state index in [1.54, 1.807) is 0 Å². The van der Waals surface area contributed by atoms with Gasteiger partial charge in [0.25, 0.3) is 0 Å². The fourth-order valence-corrected chi connectivity index (χ4v) is 4.11. The number of likely N-dealkylation sites (N-methyl/N-ethyl adjacent to an activating group) is 2. The minimum absolute atomic E-state index is 0.368. The van der Waals surface area contributed by atoms with Crippen LogP contribution in [0.4, 0.5) is 0 Å². The highest BCUT2D eigenvalue weighted by atomic mass is 32.1. The minimum atomic E-state index is 0.368. The van der Waals surface area contributed by atoms with Crippen molar-refractivity contribution in [2.45, 2.75) is 31.8 Å². The van der Waals surface area contributed by atoms with Crippen LogP contribution in [0.25, 0.3) is 0 Å². The lowest BCUT2D eigenvalue weighted by Crippen LogP contribution is -2.46. The largest absolute Gasteiger partial charge is 0.355 e.